The number of halogens is 1. The van der Waals surface area contributed by atoms with Gasteiger partial charge in [-0.3, -0.25) is 0 Å². The molecule has 4 nitrogen and oxygen atoms in total. The Hall–Kier alpha value is -2.87. The molecule has 2 aromatic carbocycles. The van der Waals surface area contributed by atoms with E-state index >= 15 is 0 Å². The molecule has 1 N–H and O–H groups in total. The van der Waals surface area contributed by atoms with Gasteiger partial charge in [0.15, 0.2) is 11.5 Å². The molecule has 0 aliphatic heterocycles. The van der Waals surface area contributed by atoms with E-state index < -0.39 is 5.82 Å². The minimum atomic E-state index is -0.499. The summed E-state index contributed by atoms with van der Waals surface area (Å²) in [6.07, 6.45) is 0. The molecule has 0 aliphatic rings. The Labute approximate surface area is 120 Å². The van der Waals surface area contributed by atoms with Crippen molar-refractivity contribution >= 4 is 16.8 Å². The lowest BCUT2D eigenvalue weighted by Gasteiger charge is -2.07. The predicted octanol–water partition coefficient (Wildman–Crippen LogP) is 3.76. The second kappa shape index (κ2) is 5.25. The van der Waals surface area contributed by atoms with Crippen LogP contribution in [0.3, 0.4) is 0 Å². The van der Waals surface area contributed by atoms with Gasteiger partial charge < -0.3 is 9.73 Å². The fourth-order valence-corrected chi connectivity index (χ4v) is 2.12. The monoisotopic (exact) mass is 281 g/mol. The third-order valence-corrected chi connectivity index (χ3v) is 3.14. The molecule has 21 heavy (non-hydrogen) atoms. The summed E-state index contributed by atoms with van der Waals surface area (Å²) in [5, 5.41) is 12.0. The SMILES string of the molecule is Cc1nc2cc(NCc3ccc(F)c(C#N)c3)ccc2o1. The maximum absolute atomic E-state index is 13.2. The molecule has 3 aromatic rings. The molecule has 0 bridgehead atoms. The van der Waals surface area contributed by atoms with Crippen LogP contribution in [-0.2, 0) is 6.54 Å². The van der Waals surface area contributed by atoms with Crippen LogP contribution in [0, 0.1) is 24.1 Å². The average Bonchev–Trinajstić information content (AvgIpc) is 2.85. The molecule has 0 fully saturated rings. The smallest absolute Gasteiger partial charge is 0.192 e. The third kappa shape index (κ3) is 2.70. The number of fused-ring (bicyclic) bond motifs is 1. The standard InChI is InChI=1S/C16H12FN3O/c1-10-20-15-7-13(3-5-16(15)21-10)19-9-11-2-4-14(17)12(6-11)8-18/h2-7,19H,9H2,1H3. The van der Waals surface area contributed by atoms with Gasteiger partial charge in [0.1, 0.15) is 17.4 Å². The molecule has 0 spiro atoms. The van der Waals surface area contributed by atoms with Gasteiger partial charge in [-0.2, -0.15) is 5.26 Å². The first-order valence-electron chi connectivity index (χ1n) is 6.45. The highest BCUT2D eigenvalue weighted by Crippen LogP contribution is 2.20. The van der Waals surface area contributed by atoms with Crippen LogP contribution < -0.4 is 5.32 Å². The molecule has 5 heteroatoms. The van der Waals surface area contributed by atoms with Gasteiger partial charge >= 0.3 is 0 Å². The van der Waals surface area contributed by atoms with Crippen LogP contribution >= 0.6 is 0 Å². The van der Waals surface area contributed by atoms with Crippen molar-refractivity contribution in [1.29, 1.82) is 5.26 Å². The van der Waals surface area contributed by atoms with Crippen LogP contribution in [0.2, 0.25) is 0 Å². The lowest BCUT2D eigenvalue weighted by Crippen LogP contribution is -2.00. The fourth-order valence-electron chi connectivity index (χ4n) is 2.12. The van der Waals surface area contributed by atoms with Crippen LogP contribution in [0.1, 0.15) is 17.0 Å². The largest absolute Gasteiger partial charge is 0.441 e. The molecule has 0 saturated carbocycles. The van der Waals surface area contributed by atoms with E-state index in [1.54, 1.807) is 19.1 Å². The number of nitrogens with one attached hydrogen (secondary N) is 1. The Balaban J connectivity index is 1.78. The van der Waals surface area contributed by atoms with Crippen LogP contribution in [0.5, 0.6) is 0 Å². The van der Waals surface area contributed by atoms with Crippen molar-refractivity contribution in [3.63, 3.8) is 0 Å². The number of hydrogen-bond acceptors (Lipinski definition) is 4. The van der Waals surface area contributed by atoms with Crippen LogP contribution in [0.25, 0.3) is 11.1 Å². The predicted molar refractivity (Wildman–Crippen MR) is 77.2 cm³/mol. The molecule has 1 aromatic heterocycles. The molecule has 3 rings (SSSR count). The van der Waals surface area contributed by atoms with Gasteiger partial charge in [-0.25, -0.2) is 9.37 Å². The molecule has 104 valence electrons. The van der Waals surface area contributed by atoms with Gasteiger partial charge in [-0.05, 0) is 35.9 Å². The second-order valence-corrected chi connectivity index (χ2v) is 4.69. The van der Waals surface area contributed by atoms with Crippen molar-refractivity contribution in [3.05, 3.63) is 59.2 Å². The van der Waals surface area contributed by atoms with Gasteiger partial charge in [0, 0.05) is 19.2 Å². The molecule has 0 unspecified atom stereocenters. The second-order valence-electron chi connectivity index (χ2n) is 4.69. The fraction of sp³-hybridized carbons (Fsp3) is 0.125. The number of benzene rings is 2. The number of oxazole rings is 1. The van der Waals surface area contributed by atoms with Gasteiger partial charge in [0.2, 0.25) is 0 Å². The first-order chi connectivity index (χ1) is 10.2. The molecule has 0 atom stereocenters. The first-order valence-corrected chi connectivity index (χ1v) is 6.45. The maximum atomic E-state index is 13.2. The third-order valence-electron chi connectivity index (χ3n) is 3.14. The van der Waals surface area contributed by atoms with Crippen LogP contribution in [0.15, 0.2) is 40.8 Å². The molecular formula is C16H12FN3O. The summed E-state index contributed by atoms with van der Waals surface area (Å²) in [7, 11) is 0. The van der Waals surface area contributed by atoms with Crippen molar-refractivity contribution in [3.8, 4) is 6.07 Å². The summed E-state index contributed by atoms with van der Waals surface area (Å²) in [6.45, 7) is 2.30. The van der Waals surface area contributed by atoms with Crippen molar-refractivity contribution in [1.82, 2.24) is 4.98 Å². The van der Waals surface area contributed by atoms with E-state index in [2.05, 4.69) is 10.3 Å². The van der Waals surface area contributed by atoms with Gasteiger partial charge in [-0.15, -0.1) is 0 Å². The summed E-state index contributed by atoms with van der Waals surface area (Å²) < 4.78 is 18.7. The van der Waals surface area contributed by atoms with E-state index in [0.29, 0.717) is 12.4 Å². The Morgan fingerprint density at radius 3 is 2.95 bits per heavy atom. The highest BCUT2D eigenvalue weighted by molar-refractivity contribution is 5.77. The summed E-state index contributed by atoms with van der Waals surface area (Å²) in [5.41, 5.74) is 3.31. The van der Waals surface area contributed by atoms with E-state index in [9.17, 15) is 4.39 Å². The van der Waals surface area contributed by atoms with Gasteiger partial charge in [-0.1, -0.05) is 6.07 Å². The van der Waals surface area contributed by atoms with E-state index in [4.69, 9.17) is 9.68 Å². The molecule has 0 radical (unpaired) electrons. The summed E-state index contributed by atoms with van der Waals surface area (Å²) in [5.74, 6) is 0.125. The van der Waals surface area contributed by atoms with Crippen molar-refractivity contribution in [2.24, 2.45) is 0 Å². The van der Waals surface area contributed by atoms with Gasteiger partial charge in [0.05, 0.1) is 5.56 Å². The minimum absolute atomic E-state index is 0.0527. The number of aromatic nitrogens is 1. The lowest BCUT2D eigenvalue weighted by atomic mass is 10.1. The topological polar surface area (TPSA) is 61.9 Å². The van der Waals surface area contributed by atoms with Crippen molar-refractivity contribution in [2.75, 3.05) is 5.32 Å². The Morgan fingerprint density at radius 2 is 2.14 bits per heavy atom. The highest BCUT2D eigenvalue weighted by atomic mass is 19.1. The molecule has 1 heterocycles. The summed E-state index contributed by atoms with van der Waals surface area (Å²) in [6, 6.07) is 12.0. The zero-order valence-electron chi connectivity index (χ0n) is 11.4. The highest BCUT2D eigenvalue weighted by Gasteiger charge is 2.05. The van der Waals surface area contributed by atoms with Crippen LogP contribution in [-0.4, -0.2) is 4.98 Å². The maximum Gasteiger partial charge on any atom is 0.192 e. The number of rotatable bonds is 3. The average molecular weight is 281 g/mol. The Kier molecular flexibility index (Phi) is 3.28. The normalized spacial score (nSPS) is 10.5. The zero-order valence-corrected chi connectivity index (χ0v) is 11.4. The number of anilines is 1. The quantitative estimate of drug-likeness (QED) is 0.794. The first kappa shape index (κ1) is 13.1. The van der Waals surface area contributed by atoms with E-state index in [0.717, 1.165) is 22.4 Å². The number of hydrogen-bond donors (Lipinski definition) is 1. The molecule has 0 aliphatic carbocycles. The number of nitriles is 1. The Morgan fingerprint density at radius 1 is 1.29 bits per heavy atom. The molecule has 0 saturated heterocycles. The minimum Gasteiger partial charge on any atom is -0.441 e. The van der Waals surface area contributed by atoms with Crippen molar-refractivity contribution < 1.29 is 8.81 Å². The summed E-state index contributed by atoms with van der Waals surface area (Å²) >= 11 is 0. The van der Waals surface area contributed by atoms with E-state index in [1.807, 2.05) is 24.3 Å². The van der Waals surface area contributed by atoms with E-state index in [-0.39, 0.29) is 5.56 Å². The zero-order chi connectivity index (χ0) is 14.8. The lowest BCUT2D eigenvalue weighted by molar-refractivity contribution is 0.561. The van der Waals surface area contributed by atoms with E-state index in [1.165, 1.54) is 6.07 Å². The van der Waals surface area contributed by atoms with Crippen LogP contribution in [0.4, 0.5) is 10.1 Å². The van der Waals surface area contributed by atoms with Gasteiger partial charge in [0.25, 0.3) is 0 Å². The number of nitrogens with zero attached hydrogens (tertiary/aromatic N) is 2. The van der Waals surface area contributed by atoms with Crippen molar-refractivity contribution in [2.45, 2.75) is 13.5 Å². The Bertz CT molecular complexity index is 848. The molecular weight excluding hydrogens is 269 g/mol. The molecule has 0 amide bonds. The summed E-state index contributed by atoms with van der Waals surface area (Å²) in [4.78, 5) is 4.27. The number of aryl methyl sites for hydroxylation is 1.